The molecule has 7 heteroatoms. The number of nitrogens with zero attached hydrogens (tertiary/aromatic N) is 2. The Labute approximate surface area is 264 Å². The smallest absolute Gasteiger partial charge is 0.339 e. The van der Waals surface area contributed by atoms with Gasteiger partial charge >= 0.3 is 5.97 Å². The number of carbonyl (C=O) groups excluding carboxylic acids is 1. The van der Waals surface area contributed by atoms with E-state index in [1.165, 1.54) is 67.3 Å². The van der Waals surface area contributed by atoms with E-state index in [4.69, 9.17) is 0 Å². The molecule has 1 aliphatic rings. The molecule has 6 nitrogen and oxygen atoms in total. The Balaban J connectivity index is 1.42. The van der Waals surface area contributed by atoms with E-state index in [0.29, 0.717) is 24.7 Å². The van der Waals surface area contributed by atoms with Gasteiger partial charge in [-0.15, -0.1) is 0 Å². The van der Waals surface area contributed by atoms with Crippen LogP contribution in [0.1, 0.15) is 76.2 Å². The summed E-state index contributed by atoms with van der Waals surface area (Å²) in [6.45, 7) is 5.06. The second-order valence-electron chi connectivity index (χ2n) is 11.8. The zero-order valence-electron chi connectivity index (χ0n) is 25.4. The van der Waals surface area contributed by atoms with Crippen LogP contribution in [0.5, 0.6) is 5.75 Å². The summed E-state index contributed by atoms with van der Waals surface area (Å²) >= 11 is 1.53. The van der Waals surface area contributed by atoms with Crippen LogP contribution in [0.25, 0.3) is 0 Å². The lowest BCUT2D eigenvalue weighted by molar-refractivity contribution is -0.118. The van der Waals surface area contributed by atoms with Crippen molar-refractivity contribution >= 4 is 29.5 Å². The van der Waals surface area contributed by atoms with Gasteiger partial charge in [-0.05, 0) is 85.5 Å². The number of carboxylic acid groups (broad SMARTS) is 1. The minimum absolute atomic E-state index is 0.105. The number of aryl methyl sites for hydroxylation is 2. The van der Waals surface area contributed by atoms with E-state index in [-0.39, 0.29) is 23.8 Å². The standard InChI is InChI=1S/C37H40N2O4S/c1-26-11-18-33(19-12-26)44-38(23-29-8-6-7-27(2)21-29)25-36(41)39(32-17-20-34(37(42)43)35(40)22-32)24-28-13-15-31(16-14-28)30-9-4-3-5-10-30/h6-8,11-22,30,40H,3-5,9-10,23-25H2,1-2H3,(H,42,43). The molecule has 4 aromatic carbocycles. The number of carbonyl (C=O) groups is 2. The Morgan fingerprint density at radius 1 is 0.795 bits per heavy atom. The molecule has 1 amide bonds. The monoisotopic (exact) mass is 608 g/mol. The summed E-state index contributed by atoms with van der Waals surface area (Å²) in [6, 6.07) is 29.3. The van der Waals surface area contributed by atoms with E-state index >= 15 is 0 Å². The van der Waals surface area contributed by atoms with Crippen molar-refractivity contribution in [3.63, 3.8) is 0 Å². The topological polar surface area (TPSA) is 81.1 Å². The fraction of sp³-hybridized carbons (Fsp3) is 0.297. The summed E-state index contributed by atoms with van der Waals surface area (Å²) < 4.78 is 2.05. The Bertz CT molecular complexity index is 1580. The average molecular weight is 609 g/mol. The molecular weight excluding hydrogens is 568 g/mol. The molecule has 0 aromatic heterocycles. The average Bonchev–Trinajstić information content (AvgIpc) is 3.01. The molecular formula is C37H40N2O4S. The van der Waals surface area contributed by atoms with Crippen LogP contribution in [0.3, 0.4) is 0 Å². The first kappa shape index (κ1) is 31.4. The van der Waals surface area contributed by atoms with Crippen molar-refractivity contribution in [2.75, 3.05) is 11.4 Å². The van der Waals surface area contributed by atoms with Gasteiger partial charge in [0, 0.05) is 23.2 Å². The van der Waals surface area contributed by atoms with Gasteiger partial charge in [-0.25, -0.2) is 9.10 Å². The van der Waals surface area contributed by atoms with Gasteiger partial charge in [0.05, 0.1) is 13.1 Å². The summed E-state index contributed by atoms with van der Waals surface area (Å²) in [5, 5.41) is 20.0. The summed E-state index contributed by atoms with van der Waals surface area (Å²) in [4.78, 5) is 28.4. The zero-order valence-corrected chi connectivity index (χ0v) is 26.2. The van der Waals surface area contributed by atoms with E-state index < -0.39 is 5.97 Å². The molecule has 0 heterocycles. The van der Waals surface area contributed by atoms with Gasteiger partial charge in [0.2, 0.25) is 5.91 Å². The molecule has 0 spiro atoms. The number of aromatic carboxylic acids is 1. The molecule has 1 saturated carbocycles. The highest BCUT2D eigenvalue weighted by Gasteiger charge is 2.23. The van der Waals surface area contributed by atoms with Gasteiger partial charge in [-0.1, -0.05) is 91.1 Å². The van der Waals surface area contributed by atoms with Crippen molar-refractivity contribution in [1.29, 1.82) is 0 Å². The van der Waals surface area contributed by atoms with Crippen LogP contribution in [0.2, 0.25) is 0 Å². The third-order valence-corrected chi connectivity index (χ3v) is 9.23. The number of hydrogen-bond donors (Lipinski definition) is 2. The summed E-state index contributed by atoms with van der Waals surface area (Å²) in [6.07, 6.45) is 6.28. The SMILES string of the molecule is Cc1ccc(SN(CC(=O)N(Cc2ccc(C3CCCCC3)cc2)c2ccc(C(=O)O)c(O)c2)Cc2cccc(C)c2)cc1. The van der Waals surface area contributed by atoms with Crippen molar-refractivity contribution in [1.82, 2.24) is 4.31 Å². The Hall–Kier alpha value is -4.07. The van der Waals surface area contributed by atoms with Gasteiger partial charge in [0.15, 0.2) is 0 Å². The minimum atomic E-state index is -1.22. The second kappa shape index (κ2) is 14.6. The molecule has 44 heavy (non-hydrogen) atoms. The molecule has 5 rings (SSSR count). The third-order valence-electron chi connectivity index (χ3n) is 8.23. The van der Waals surface area contributed by atoms with Crippen molar-refractivity contribution in [3.8, 4) is 5.75 Å². The van der Waals surface area contributed by atoms with Crippen molar-refractivity contribution in [3.05, 3.63) is 124 Å². The van der Waals surface area contributed by atoms with Gasteiger partial charge in [0.25, 0.3) is 0 Å². The Morgan fingerprint density at radius 3 is 2.18 bits per heavy atom. The number of benzene rings is 4. The Morgan fingerprint density at radius 2 is 1.52 bits per heavy atom. The maximum absolute atomic E-state index is 14.2. The minimum Gasteiger partial charge on any atom is -0.507 e. The van der Waals surface area contributed by atoms with Crippen LogP contribution in [-0.2, 0) is 17.9 Å². The predicted octanol–water partition coefficient (Wildman–Crippen LogP) is 8.50. The quantitative estimate of drug-likeness (QED) is 0.166. The van der Waals surface area contributed by atoms with Crippen LogP contribution in [0.15, 0.2) is 95.9 Å². The first-order valence-electron chi connectivity index (χ1n) is 15.3. The lowest BCUT2D eigenvalue weighted by Crippen LogP contribution is -2.37. The first-order valence-corrected chi connectivity index (χ1v) is 16.0. The Kier molecular flexibility index (Phi) is 10.4. The van der Waals surface area contributed by atoms with Gasteiger partial charge in [-0.3, -0.25) is 4.79 Å². The highest BCUT2D eigenvalue weighted by Crippen LogP contribution is 2.33. The molecule has 0 radical (unpaired) electrons. The van der Waals surface area contributed by atoms with Crippen LogP contribution in [-0.4, -0.2) is 32.9 Å². The van der Waals surface area contributed by atoms with E-state index in [1.54, 1.807) is 11.0 Å². The normalized spacial score (nSPS) is 13.6. The largest absolute Gasteiger partial charge is 0.507 e. The van der Waals surface area contributed by atoms with Crippen molar-refractivity contribution in [2.24, 2.45) is 0 Å². The van der Waals surface area contributed by atoms with E-state index in [9.17, 15) is 19.8 Å². The molecule has 228 valence electrons. The molecule has 0 saturated heterocycles. The lowest BCUT2D eigenvalue weighted by atomic mass is 9.84. The molecule has 2 N–H and O–H groups in total. The number of rotatable bonds is 11. The summed E-state index contributed by atoms with van der Waals surface area (Å²) in [5.41, 5.74) is 5.98. The number of hydrogen-bond acceptors (Lipinski definition) is 5. The van der Waals surface area contributed by atoms with Crippen LogP contribution in [0, 0.1) is 13.8 Å². The van der Waals surface area contributed by atoms with Crippen molar-refractivity contribution < 1.29 is 19.8 Å². The summed E-state index contributed by atoms with van der Waals surface area (Å²) in [7, 11) is 0. The predicted molar refractivity (Wildman–Crippen MR) is 177 cm³/mol. The molecule has 0 bridgehead atoms. The van der Waals surface area contributed by atoms with Gasteiger partial charge in [-0.2, -0.15) is 0 Å². The lowest BCUT2D eigenvalue weighted by Gasteiger charge is -2.28. The fourth-order valence-electron chi connectivity index (χ4n) is 5.82. The number of carboxylic acids is 1. The maximum atomic E-state index is 14.2. The molecule has 4 aromatic rings. The van der Waals surface area contributed by atoms with Crippen LogP contribution < -0.4 is 4.90 Å². The third kappa shape index (κ3) is 8.30. The first-order chi connectivity index (χ1) is 21.2. The summed E-state index contributed by atoms with van der Waals surface area (Å²) in [5.74, 6) is -1.16. The molecule has 0 unspecified atom stereocenters. The number of aromatic hydroxyl groups is 1. The second-order valence-corrected chi connectivity index (χ2v) is 12.9. The molecule has 1 aliphatic carbocycles. The molecule has 0 aliphatic heterocycles. The molecule has 1 fully saturated rings. The fourth-order valence-corrected chi connectivity index (χ4v) is 6.77. The van der Waals surface area contributed by atoms with Gasteiger partial charge < -0.3 is 15.1 Å². The van der Waals surface area contributed by atoms with E-state index in [1.807, 2.05) is 17.3 Å². The highest BCUT2D eigenvalue weighted by molar-refractivity contribution is 7.97. The zero-order chi connectivity index (χ0) is 31.1. The number of phenols is 1. The van der Waals surface area contributed by atoms with E-state index in [0.717, 1.165) is 21.6 Å². The highest BCUT2D eigenvalue weighted by atomic mass is 32.2. The number of amides is 1. The van der Waals surface area contributed by atoms with E-state index in [2.05, 4.69) is 73.7 Å². The molecule has 0 atom stereocenters. The number of anilines is 1. The van der Waals surface area contributed by atoms with Gasteiger partial charge in [0.1, 0.15) is 11.3 Å². The maximum Gasteiger partial charge on any atom is 0.339 e. The van der Waals surface area contributed by atoms with Crippen molar-refractivity contribution in [2.45, 2.75) is 69.9 Å². The van der Waals surface area contributed by atoms with Crippen LogP contribution >= 0.6 is 11.9 Å². The van der Waals surface area contributed by atoms with Crippen LogP contribution in [0.4, 0.5) is 5.69 Å².